The van der Waals surface area contributed by atoms with Gasteiger partial charge in [0.25, 0.3) is 0 Å². The topological polar surface area (TPSA) is 90.0 Å². The Balaban J connectivity index is 2.43. The predicted molar refractivity (Wildman–Crippen MR) is 79.8 cm³/mol. The van der Waals surface area contributed by atoms with Crippen LogP contribution in [0.2, 0.25) is 5.02 Å². The van der Waals surface area contributed by atoms with Gasteiger partial charge < -0.3 is 11.1 Å². The summed E-state index contributed by atoms with van der Waals surface area (Å²) in [5.74, 6) is 0.366. The van der Waals surface area contributed by atoms with Gasteiger partial charge >= 0.3 is 0 Å². The predicted octanol–water partition coefficient (Wildman–Crippen LogP) is 1.61. The van der Waals surface area contributed by atoms with Crippen molar-refractivity contribution in [2.75, 3.05) is 24.4 Å². The molecular weight excluding hydrogens is 300 g/mol. The van der Waals surface area contributed by atoms with Crippen LogP contribution in [0.25, 0.3) is 0 Å². The maximum atomic E-state index is 11.8. The van der Waals surface area contributed by atoms with Crippen LogP contribution in [0.15, 0.2) is 29.2 Å². The summed E-state index contributed by atoms with van der Waals surface area (Å²) >= 11 is 5.82. The van der Waals surface area contributed by atoms with Gasteiger partial charge in [-0.25, -0.2) is 13.1 Å². The van der Waals surface area contributed by atoms with Gasteiger partial charge in [-0.1, -0.05) is 23.7 Å². The van der Waals surface area contributed by atoms with Crippen LogP contribution in [0.3, 0.4) is 0 Å². The summed E-state index contributed by atoms with van der Waals surface area (Å²) in [5, 5.41) is 7.56. The average molecular weight is 315 g/mol. The smallest absolute Gasteiger partial charge is 0.182 e. The van der Waals surface area contributed by atoms with Gasteiger partial charge in [-0.3, -0.25) is 0 Å². The Bertz CT molecular complexity index is 723. The first-order valence-electron chi connectivity index (χ1n) is 5.81. The lowest BCUT2D eigenvalue weighted by atomic mass is 10.2. The molecule has 20 heavy (non-hydrogen) atoms. The lowest BCUT2D eigenvalue weighted by Gasteiger charge is -2.04. The molecule has 1 aromatic carbocycles. The summed E-state index contributed by atoms with van der Waals surface area (Å²) in [6.45, 7) is 0.368. The van der Waals surface area contributed by atoms with Crippen LogP contribution >= 0.6 is 11.6 Å². The maximum absolute atomic E-state index is 11.8. The van der Waals surface area contributed by atoms with E-state index < -0.39 is 9.84 Å². The number of nitrogens with one attached hydrogen (secondary N) is 1. The van der Waals surface area contributed by atoms with E-state index in [2.05, 4.69) is 10.4 Å². The summed E-state index contributed by atoms with van der Waals surface area (Å²) in [5.41, 5.74) is 6.82. The minimum atomic E-state index is -3.45. The largest absolute Gasteiger partial charge is 0.383 e. The first-order valence-corrected chi connectivity index (χ1v) is 8.08. The van der Waals surface area contributed by atoms with Crippen molar-refractivity contribution in [3.63, 3.8) is 0 Å². The molecule has 0 aliphatic carbocycles. The maximum Gasteiger partial charge on any atom is 0.182 e. The van der Waals surface area contributed by atoms with Crippen LogP contribution in [0, 0.1) is 0 Å². The van der Waals surface area contributed by atoms with Crippen LogP contribution in [-0.2, 0) is 16.4 Å². The monoisotopic (exact) mass is 314 g/mol. The molecule has 0 atom stereocenters. The van der Waals surface area contributed by atoms with Crippen LogP contribution in [0.1, 0.15) is 5.56 Å². The molecule has 0 amide bonds. The Hall–Kier alpha value is -1.73. The second-order valence-electron chi connectivity index (χ2n) is 4.37. The van der Waals surface area contributed by atoms with Crippen LogP contribution in [0.5, 0.6) is 0 Å². The highest BCUT2D eigenvalue weighted by Gasteiger charge is 2.23. The zero-order chi connectivity index (χ0) is 14.9. The second kappa shape index (κ2) is 5.34. The molecule has 0 saturated carbocycles. The molecule has 3 N–H and O–H groups in total. The number of nitrogens with two attached hydrogens (primary N) is 1. The van der Waals surface area contributed by atoms with Gasteiger partial charge in [-0.2, -0.15) is 5.10 Å². The van der Waals surface area contributed by atoms with E-state index in [1.54, 1.807) is 19.2 Å². The van der Waals surface area contributed by atoms with Gasteiger partial charge in [0.15, 0.2) is 20.6 Å². The van der Waals surface area contributed by atoms with E-state index in [9.17, 15) is 8.42 Å². The standard InChI is InChI=1S/C12H15ClN4O2S/c1-15-12-10(20(2,18)19)11(14)17(16-12)7-8-3-5-9(13)6-4-8/h3-6H,7,14H2,1-2H3,(H,15,16). The van der Waals surface area contributed by atoms with Crippen LogP contribution in [0.4, 0.5) is 11.6 Å². The number of hydrogen-bond acceptors (Lipinski definition) is 5. The molecular formula is C12H15ClN4O2S. The SMILES string of the molecule is CNc1nn(Cc2ccc(Cl)cc2)c(N)c1S(C)(=O)=O. The molecule has 2 rings (SSSR count). The molecule has 8 heteroatoms. The lowest BCUT2D eigenvalue weighted by molar-refractivity contribution is 0.602. The molecule has 0 bridgehead atoms. The third-order valence-electron chi connectivity index (χ3n) is 2.80. The third-order valence-corrected chi connectivity index (χ3v) is 4.20. The highest BCUT2D eigenvalue weighted by molar-refractivity contribution is 7.91. The van der Waals surface area contributed by atoms with E-state index in [1.807, 2.05) is 12.1 Å². The quantitative estimate of drug-likeness (QED) is 0.895. The van der Waals surface area contributed by atoms with Crippen molar-refractivity contribution in [3.8, 4) is 0 Å². The Morgan fingerprint density at radius 2 is 1.95 bits per heavy atom. The van der Waals surface area contributed by atoms with Gasteiger partial charge in [0.2, 0.25) is 0 Å². The van der Waals surface area contributed by atoms with Crippen molar-refractivity contribution in [1.29, 1.82) is 0 Å². The van der Waals surface area contributed by atoms with Gasteiger partial charge in [0, 0.05) is 18.3 Å². The zero-order valence-electron chi connectivity index (χ0n) is 11.1. The first kappa shape index (κ1) is 14.7. The zero-order valence-corrected chi connectivity index (χ0v) is 12.7. The van der Waals surface area contributed by atoms with Gasteiger partial charge in [0.1, 0.15) is 5.82 Å². The van der Waals surface area contributed by atoms with E-state index in [-0.39, 0.29) is 16.5 Å². The number of nitrogen functional groups attached to an aromatic ring is 1. The molecule has 1 aromatic heterocycles. The molecule has 0 radical (unpaired) electrons. The first-order chi connectivity index (χ1) is 9.32. The molecule has 6 nitrogen and oxygen atoms in total. The fourth-order valence-corrected chi connectivity index (χ4v) is 2.98. The van der Waals surface area contributed by atoms with Crippen molar-refractivity contribution >= 4 is 33.1 Å². The normalized spacial score (nSPS) is 11.6. The lowest BCUT2D eigenvalue weighted by Crippen LogP contribution is -2.08. The minimum absolute atomic E-state index is 0.0222. The van der Waals surface area contributed by atoms with E-state index in [1.165, 1.54) is 4.68 Å². The highest BCUT2D eigenvalue weighted by Crippen LogP contribution is 2.27. The van der Waals surface area contributed by atoms with Crippen molar-refractivity contribution in [2.24, 2.45) is 0 Å². The second-order valence-corrected chi connectivity index (χ2v) is 6.76. The molecule has 2 aromatic rings. The van der Waals surface area contributed by atoms with Gasteiger partial charge in [-0.05, 0) is 17.7 Å². The van der Waals surface area contributed by atoms with Crippen molar-refractivity contribution in [3.05, 3.63) is 34.9 Å². The number of halogens is 1. The Labute approximate surface area is 122 Å². The molecule has 0 unspecified atom stereocenters. The number of aromatic nitrogens is 2. The van der Waals surface area contributed by atoms with E-state index in [4.69, 9.17) is 17.3 Å². The fourth-order valence-electron chi connectivity index (χ4n) is 1.87. The van der Waals surface area contributed by atoms with E-state index >= 15 is 0 Å². The average Bonchev–Trinajstić information content (AvgIpc) is 2.69. The molecule has 0 saturated heterocycles. The molecule has 1 heterocycles. The number of rotatable bonds is 4. The summed E-state index contributed by atoms with van der Waals surface area (Å²) in [4.78, 5) is 0.0222. The summed E-state index contributed by atoms with van der Waals surface area (Å²) in [7, 11) is -1.85. The van der Waals surface area contributed by atoms with E-state index in [0.29, 0.717) is 11.6 Å². The Morgan fingerprint density at radius 1 is 1.35 bits per heavy atom. The van der Waals surface area contributed by atoms with Crippen molar-refractivity contribution < 1.29 is 8.42 Å². The molecule has 0 spiro atoms. The van der Waals surface area contributed by atoms with Gasteiger partial charge in [0.05, 0.1) is 6.54 Å². The van der Waals surface area contributed by atoms with Crippen LogP contribution in [-0.4, -0.2) is 31.5 Å². The summed E-state index contributed by atoms with van der Waals surface area (Å²) < 4.78 is 25.0. The highest BCUT2D eigenvalue weighted by atomic mass is 35.5. The number of hydrogen-bond donors (Lipinski definition) is 2. The fraction of sp³-hybridized carbons (Fsp3) is 0.250. The third kappa shape index (κ3) is 2.88. The summed E-state index contributed by atoms with van der Waals surface area (Å²) in [6, 6.07) is 7.19. The molecule has 0 fully saturated rings. The number of anilines is 2. The minimum Gasteiger partial charge on any atom is -0.383 e. The molecule has 0 aliphatic rings. The van der Waals surface area contributed by atoms with Gasteiger partial charge in [-0.15, -0.1) is 0 Å². The summed E-state index contributed by atoms with van der Waals surface area (Å²) in [6.07, 6.45) is 1.11. The Kier molecular flexibility index (Phi) is 3.92. The number of benzene rings is 1. The molecule has 108 valence electrons. The number of nitrogens with zero attached hydrogens (tertiary/aromatic N) is 2. The number of sulfone groups is 1. The van der Waals surface area contributed by atoms with Crippen LogP contribution < -0.4 is 11.1 Å². The van der Waals surface area contributed by atoms with Crippen molar-refractivity contribution in [1.82, 2.24) is 9.78 Å². The Morgan fingerprint density at radius 3 is 2.40 bits per heavy atom. The molecule has 0 aliphatic heterocycles. The van der Waals surface area contributed by atoms with Crippen molar-refractivity contribution in [2.45, 2.75) is 11.4 Å². The van der Waals surface area contributed by atoms with E-state index in [0.717, 1.165) is 11.8 Å².